The van der Waals surface area contributed by atoms with Crippen LogP contribution in [-0.2, 0) is 4.79 Å². The Balaban J connectivity index is 1.27. The van der Waals surface area contributed by atoms with Crippen molar-refractivity contribution in [2.24, 2.45) is 0 Å². The lowest BCUT2D eigenvalue weighted by Gasteiger charge is -2.06. The van der Waals surface area contributed by atoms with Crippen LogP contribution in [0.4, 0.5) is 20.3 Å². The number of thiazole rings is 1. The normalized spacial score (nSPS) is 11.0. The Morgan fingerprint density at radius 1 is 1.06 bits per heavy atom. The number of amides is 1. The van der Waals surface area contributed by atoms with E-state index in [1.165, 1.54) is 52.1 Å². The molecule has 0 unspecified atom stereocenters. The summed E-state index contributed by atoms with van der Waals surface area (Å²) in [5.74, 6) is 0.208. The summed E-state index contributed by atoms with van der Waals surface area (Å²) in [5.41, 5.74) is 3.71. The number of carbonyl (C=O) groups is 1. The summed E-state index contributed by atoms with van der Waals surface area (Å²) in [7, 11) is 0. The van der Waals surface area contributed by atoms with Crippen molar-refractivity contribution in [2.75, 3.05) is 16.4 Å². The van der Waals surface area contributed by atoms with Crippen LogP contribution < -0.4 is 10.6 Å². The Labute approximate surface area is 197 Å². The smallest absolute Gasteiger partial charge is 0.236 e. The third kappa shape index (κ3) is 5.90. The lowest BCUT2D eigenvalue weighted by molar-refractivity contribution is -0.113. The highest BCUT2D eigenvalue weighted by Gasteiger charge is 2.11. The minimum atomic E-state index is -0.298. The average molecular weight is 486 g/mol. The van der Waals surface area contributed by atoms with Crippen LogP contribution in [0.5, 0.6) is 0 Å². The molecule has 0 spiro atoms. The van der Waals surface area contributed by atoms with Gasteiger partial charge in [-0.1, -0.05) is 49.1 Å². The van der Waals surface area contributed by atoms with Gasteiger partial charge >= 0.3 is 0 Å². The molecule has 0 saturated heterocycles. The maximum Gasteiger partial charge on any atom is 0.236 e. The maximum absolute atomic E-state index is 13.1. The number of thioether (sulfide) groups is 1. The molecule has 0 radical (unpaired) electrons. The summed E-state index contributed by atoms with van der Waals surface area (Å²) >= 11 is 4.04. The molecular weight excluding hydrogens is 465 g/mol. The largest absolute Gasteiger partial charge is 0.330 e. The molecule has 2 aromatic carbocycles. The molecule has 1 amide bonds. The van der Waals surface area contributed by atoms with Gasteiger partial charge in [0.2, 0.25) is 11.0 Å². The maximum atomic E-state index is 13.1. The zero-order chi connectivity index (χ0) is 22.5. The quantitative estimate of drug-likeness (QED) is 0.281. The topological polar surface area (TPSA) is 79.8 Å². The number of benzene rings is 2. The fourth-order valence-corrected chi connectivity index (χ4v) is 5.07. The SMILES string of the molecule is CC(C)c1ccc(Nc2nnc(SCC(=O)Nc3nc(-c4ccc(F)cc4)cs3)s2)cc1. The van der Waals surface area contributed by atoms with Crippen LogP contribution in [0.1, 0.15) is 25.3 Å². The van der Waals surface area contributed by atoms with Crippen molar-refractivity contribution in [2.45, 2.75) is 24.1 Å². The Morgan fingerprint density at radius 3 is 2.53 bits per heavy atom. The van der Waals surface area contributed by atoms with Crippen LogP contribution in [0.2, 0.25) is 0 Å². The van der Waals surface area contributed by atoms with E-state index < -0.39 is 0 Å². The van der Waals surface area contributed by atoms with Crippen LogP contribution in [0.15, 0.2) is 58.3 Å². The third-order valence-corrected chi connectivity index (χ3v) is 7.18. The van der Waals surface area contributed by atoms with Crippen LogP contribution in [-0.4, -0.2) is 26.8 Å². The molecular formula is C22H20FN5OS3. The summed E-state index contributed by atoms with van der Waals surface area (Å²) < 4.78 is 13.8. The Kier molecular flexibility index (Phi) is 7.13. The summed E-state index contributed by atoms with van der Waals surface area (Å²) in [5, 5.41) is 17.3. The molecule has 164 valence electrons. The highest BCUT2D eigenvalue weighted by atomic mass is 32.2. The average Bonchev–Trinajstić information content (AvgIpc) is 3.43. The van der Waals surface area contributed by atoms with Gasteiger partial charge in [-0.3, -0.25) is 4.79 Å². The van der Waals surface area contributed by atoms with Crippen molar-refractivity contribution < 1.29 is 9.18 Å². The van der Waals surface area contributed by atoms with Crippen LogP contribution in [0.3, 0.4) is 0 Å². The molecule has 2 heterocycles. The Bertz CT molecular complexity index is 1190. The van der Waals surface area contributed by atoms with E-state index in [9.17, 15) is 9.18 Å². The van der Waals surface area contributed by atoms with E-state index in [-0.39, 0.29) is 17.5 Å². The van der Waals surface area contributed by atoms with Gasteiger partial charge in [-0.15, -0.1) is 21.5 Å². The molecule has 10 heteroatoms. The Hall–Kier alpha value is -2.82. The number of carbonyl (C=O) groups excluding carboxylic acids is 1. The van der Waals surface area contributed by atoms with Gasteiger partial charge in [0.1, 0.15) is 5.82 Å². The first kappa shape index (κ1) is 22.4. The number of anilines is 3. The molecule has 0 saturated carbocycles. The summed E-state index contributed by atoms with van der Waals surface area (Å²) in [6.07, 6.45) is 0. The fraction of sp³-hybridized carbons (Fsp3) is 0.182. The number of nitrogens with zero attached hydrogens (tertiary/aromatic N) is 3. The van der Waals surface area contributed by atoms with Gasteiger partial charge in [0.25, 0.3) is 0 Å². The second kappa shape index (κ2) is 10.2. The van der Waals surface area contributed by atoms with E-state index in [1.807, 2.05) is 17.5 Å². The molecule has 0 aliphatic heterocycles. The zero-order valence-electron chi connectivity index (χ0n) is 17.3. The van der Waals surface area contributed by atoms with E-state index in [0.717, 1.165) is 11.3 Å². The lowest BCUT2D eigenvalue weighted by Crippen LogP contribution is -2.13. The van der Waals surface area contributed by atoms with E-state index in [0.29, 0.717) is 26.2 Å². The molecule has 4 aromatic rings. The number of hydrogen-bond acceptors (Lipinski definition) is 8. The lowest BCUT2D eigenvalue weighted by atomic mass is 10.0. The summed E-state index contributed by atoms with van der Waals surface area (Å²) in [6.45, 7) is 4.32. The van der Waals surface area contributed by atoms with Gasteiger partial charge < -0.3 is 10.6 Å². The van der Waals surface area contributed by atoms with Gasteiger partial charge in [0, 0.05) is 16.6 Å². The van der Waals surface area contributed by atoms with E-state index in [4.69, 9.17) is 0 Å². The zero-order valence-corrected chi connectivity index (χ0v) is 19.8. The van der Waals surface area contributed by atoms with Crippen molar-refractivity contribution in [3.8, 4) is 11.3 Å². The van der Waals surface area contributed by atoms with Gasteiger partial charge in [-0.2, -0.15) is 0 Å². The van der Waals surface area contributed by atoms with E-state index >= 15 is 0 Å². The number of aromatic nitrogens is 3. The number of nitrogens with one attached hydrogen (secondary N) is 2. The molecule has 32 heavy (non-hydrogen) atoms. The molecule has 2 N–H and O–H groups in total. The first-order chi connectivity index (χ1) is 15.5. The monoisotopic (exact) mass is 485 g/mol. The molecule has 2 aromatic heterocycles. The van der Waals surface area contributed by atoms with Crippen LogP contribution in [0, 0.1) is 5.82 Å². The van der Waals surface area contributed by atoms with Crippen molar-refractivity contribution >= 4 is 56.3 Å². The molecule has 4 rings (SSSR count). The minimum Gasteiger partial charge on any atom is -0.330 e. The van der Waals surface area contributed by atoms with Crippen LogP contribution in [0.25, 0.3) is 11.3 Å². The van der Waals surface area contributed by atoms with Crippen molar-refractivity contribution in [1.82, 2.24) is 15.2 Å². The molecule has 0 bridgehead atoms. The summed E-state index contributed by atoms with van der Waals surface area (Å²) in [4.78, 5) is 16.7. The molecule has 0 aliphatic rings. The van der Waals surface area contributed by atoms with Crippen molar-refractivity contribution in [1.29, 1.82) is 0 Å². The van der Waals surface area contributed by atoms with E-state index in [1.54, 1.807) is 12.1 Å². The third-order valence-electron chi connectivity index (χ3n) is 4.45. The minimum absolute atomic E-state index is 0.177. The van der Waals surface area contributed by atoms with Crippen LogP contribution >= 0.6 is 34.4 Å². The predicted octanol–water partition coefficient (Wildman–Crippen LogP) is 6.40. The second-order valence-corrected chi connectivity index (χ2v) is 10.2. The standard InChI is InChI=1S/C22H20FN5OS3/c1-13(2)14-5-9-17(10-6-14)24-21-27-28-22(32-21)31-12-19(29)26-20-25-18(11-30-20)15-3-7-16(23)8-4-15/h3-11,13H,12H2,1-2H3,(H,24,27)(H,25,26,29). The highest BCUT2D eigenvalue weighted by molar-refractivity contribution is 8.01. The van der Waals surface area contributed by atoms with Crippen molar-refractivity contribution in [3.63, 3.8) is 0 Å². The number of halogens is 1. The number of rotatable bonds is 8. The molecule has 0 aliphatic carbocycles. The highest BCUT2D eigenvalue weighted by Crippen LogP contribution is 2.29. The summed E-state index contributed by atoms with van der Waals surface area (Å²) in [6, 6.07) is 14.3. The van der Waals surface area contributed by atoms with Gasteiger partial charge in [0.15, 0.2) is 9.47 Å². The Morgan fingerprint density at radius 2 is 1.81 bits per heavy atom. The van der Waals surface area contributed by atoms with Gasteiger partial charge in [-0.05, 0) is 47.9 Å². The fourth-order valence-electron chi connectivity index (χ4n) is 2.76. The predicted molar refractivity (Wildman–Crippen MR) is 131 cm³/mol. The second-order valence-electron chi connectivity index (χ2n) is 7.16. The van der Waals surface area contributed by atoms with E-state index in [2.05, 4.69) is 51.8 Å². The van der Waals surface area contributed by atoms with Gasteiger partial charge in [-0.25, -0.2) is 9.37 Å². The number of hydrogen-bond donors (Lipinski definition) is 2. The van der Waals surface area contributed by atoms with Gasteiger partial charge in [0.05, 0.1) is 11.4 Å². The molecule has 0 fully saturated rings. The first-order valence-electron chi connectivity index (χ1n) is 9.81. The molecule has 0 atom stereocenters. The first-order valence-corrected chi connectivity index (χ1v) is 12.5. The van der Waals surface area contributed by atoms with Crippen molar-refractivity contribution in [3.05, 3.63) is 65.3 Å². The molecule has 6 nitrogen and oxygen atoms in total.